The molecule has 2 aliphatic heterocycles. The molecule has 166 valence electrons. The SMILES string of the molecule is CCC(=O)N1c2ccc(S(=O)(=O)N3CCN(c4cc(Cl)ccc4C)CC3)cc2C[C@H]1C. The highest BCUT2D eigenvalue weighted by Gasteiger charge is 2.33. The average Bonchev–Trinajstić information content (AvgIpc) is 3.10. The van der Waals surface area contributed by atoms with E-state index in [1.165, 1.54) is 0 Å². The molecule has 31 heavy (non-hydrogen) atoms. The van der Waals surface area contributed by atoms with Gasteiger partial charge in [0.2, 0.25) is 15.9 Å². The van der Waals surface area contributed by atoms with Gasteiger partial charge in [0.05, 0.1) is 4.90 Å². The van der Waals surface area contributed by atoms with Crippen LogP contribution in [0.4, 0.5) is 11.4 Å². The van der Waals surface area contributed by atoms with Crippen molar-refractivity contribution >= 4 is 38.9 Å². The van der Waals surface area contributed by atoms with Crippen LogP contribution in [0.25, 0.3) is 0 Å². The lowest BCUT2D eigenvalue weighted by Crippen LogP contribution is -2.48. The molecule has 0 bridgehead atoms. The molecule has 1 atom stereocenters. The largest absolute Gasteiger partial charge is 0.369 e. The van der Waals surface area contributed by atoms with Gasteiger partial charge in [0.15, 0.2) is 0 Å². The summed E-state index contributed by atoms with van der Waals surface area (Å²) in [6.07, 6.45) is 1.10. The highest BCUT2D eigenvalue weighted by Crippen LogP contribution is 2.35. The first-order valence-corrected chi connectivity index (χ1v) is 12.5. The predicted molar refractivity (Wildman–Crippen MR) is 125 cm³/mol. The topological polar surface area (TPSA) is 60.9 Å². The normalized spacial score (nSPS) is 19.5. The van der Waals surface area contributed by atoms with Crippen molar-refractivity contribution in [1.29, 1.82) is 0 Å². The van der Waals surface area contributed by atoms with Crippen LogP contribution in [0.15, 0.2) is 41.3 Å². The summed E-state index contributed by atoms with van der Waals surface area (Å²) in [5.74, 6) is 0.0642. The highest BCUT2D eigenvalue weighted by atomic mass is 35.5. The number of anilines is 2. The second-order valence-corrected chi connectivity index (χ2v) is 10.7. The number of halogens is 1. The van der Waals surface area contributed by atoms with Crippen LogP contribution in [0.1, 0.15) is 31.4 Å². The second kappa shape index (κ2) is 8.45. The van der Waals surface area contributed by atoms with Gasteiger partial charge in [-0.1, -0.05) is 24.6 Å². The Bertz CT molecular complexity index is 1110. The molecule has 0 spiro atoms. The molecule has 0 unspecified atom stereocenters. The number of nitrogens with zero attached hydrogens (tertiary/aromatic N) is 3. The fourth-order valence-electron chi connectivity index (χ4n) is 4.56. The van der Waals surface area contributed by atoms with E-state index in [9.17, 15) is 13.2 Å². The number of benzene rings is 2. The minimum Gasteiger partial charge on any atom is -0.369 e. The van der Waals surface area contributed by atoms with E-state index >= 15 is 0 Å². The van der Waals surface area contributed by atoms with Crippen LogP contribution in [0, 0.1) is 6.92 Å². The lowest BCUT2D eigenvalue weighted by atomic mass is 10.1. The third-order valence-electron chi connectivity index (χ3n) is 6.23. The van der Waals surface area contributed by atoms with E-state index in [1.54, 1.807) is 27.4 Å². The summed E-state index contributed by atoms with van der Waals surface area (Å²) in [5.41, 5.74) is 3.93. The van der Waals surface area contributed by atoms with Crippen LogP contribution in [0.5, 0.6) is 0 Å². The number of carbonyl (C=O) groups is 1. The molecule has 6 nitrogen and oxygen atoms in total. The number of hydrogen-bond acceptors (Lipinski definition) is 4. The van der Waals surface area contributed by atoms with Gasteiger partial charge in [-0.3, -0.25) is 4.79 Å². The maximum Gasteiger partial charge on any atom is 0.243 e. The minimum absolute atomic E-state index is 0.0462. The number of piperazine rings is 1. The zero-order valence-corrected chi connectivity index (χ0v) is 19.7. The number of fused-ring (bicyclic) bond motifs is 1. The summed E-state index contributed by atoms with van der Waals surface area (Å²) in [4.78, 5) is 16.6. The molecule has 0 saturated carbocycles. The molecule has 1 amide bonds. The quantitative estimate of drug-likeness (QED) is 0.693. The Balaban J connectivity index is 1.52. The molecule has 2 heterocycles. The van der Waals surface area contributed by atoms with E-state index in [4.69, 9.17) is 11.6 Å². The molecular formula is C23H28ClN3O3S. The fraction of sp³-hybridized carbons (Fsp3) is 0.435. The number of carbonyl (C=O) groups excluding carboxylic acids is 1. The van der Waals surface area contributed by atoms with Crippen LogP contribution in [-0.4, -0.2) is 50.9 Å². The smallest absolute Gasteiger partial charge is 0.243 e. The summed E-state index contributed by atoms with van der Waals surface area (Å²) < 4.78 is 28.2. The van der Waals surface area contributed by atoms with Gasteiger partial charge in [0.1, 0.15) is 0 Å². The predicted octanol–water partition coefficient (Wildman–Crippen LogP) is 3.85. The Morgan fingerprint density at radius 3 is 2.45 bits per heavy atom. The Hall–Kier alpha value is -2.09. The third kappa shape index (κ3) is 4.06. The monoisotopic (exact) mass is 461 g/mol. The van der Waals surface area contributed by atoms with Crippen molar-refractivity contribution in [1.82, 2.24) is 4.31 Å². The number of rotatable bonds is 4. The van der Waals surface area contributed by atoms with Crippen molar-refractivity contribution < 1.29 is 13.2 Å². The van der Waals surface area contributed by atoms with E-state index in [2.05, 4.69) is 4.90 Å². The van der Waals surface area contributed by atoms with E-state index in [1.807, 2.05) is 39.0 Å². The van der Waals surface area contributed by atoms with Crippen LogP contribution in [0.3, 0.4) is 0 Å². The third-order valence-corrected chi connectivity index (χ3v) is 8.36. The van der Waals surface area contributed by atoms with E-state index < -0.39 is 10.0 Å². The van der Waals surface area contributed by atoms with Gasteiger partial charge in [-0.05, 0) is 61.7 Å². The Morgan fingerprint density at radius 1 is 1.06 bits per heavy atom. The molecule has 2 aromatic carbocycles. The first-order valence-electron chi connectivity index (χ1n) is 10.7. The molecule has 1 fully saturated rings. The van der Waals surface area contributed by atoms with Crippen molar-refractivity contribution in [2.45, 2.75) is 44.6 Å². The van der Waals surface area contributed by atoms with Gasteiger partial charge < -0.3 is 9.80 Å². The summed E-state index contributed by atoms with van der Waals surface area (Å²) in [5, 5.41) is 0.679. The van der Waals surface area contributed by atoms with Crippen molar-refractivity contribution in [3.63, 3.8) is 0 Å². The van der Waals surface area contributed by atoms with Gasteiger partial charge in [-0.25, -0.2) is 8.42 Å². The Morgan fingerprint density at radius 2 is 1.77 bits per heavy atom. The second-order valence-electron chi connectivity index (χ2n) is 8.28. The Labute approximate surface area is 189 Å². The molecule has 0 aliphatic carbocycles. The molecule has 8 heteroatoms. The van der Waals surface area contributed by atoms with E-state index in [-0.39, 0.29) is 11.9 Å². The maximum atomic E-state index is 13.3. The van der Waals surface area contributed by atoms with Crippen molar-refractivity contribution in [3.8, 4) is 0 Å². The summed E-state index contributed by atoms with van der Waals surface area (Å²) in [6.45, 7) is 7.94. The molecular weight excluding hydrogens is 434 g/mol. The molecule has 4 rings (SSSR count). The number of amides is 1. The van der Waals surface area contributed by atoms with Crippen molar-refractivity contribution in [2.75, 3.05) is 36.0 Å². The summed E-state index contributed by atoms with van der Waals surface area (Å²) in [7, 11) is -3.59. The number of aryl methyl sites for hydroxylation is 1. The number of hydrogen-bond donors (Lipinski definition) is 0. The highest BCUT2D eigenvalue weighted by molar-refractivity contribution is 7.89. The van der Waals surface area contributed by atoms with Gasteiger partial charge in [-0.2, -0.15) is 4.31 Å². The minimum atomic E-state index is -3.59. The molecule has 0 aromatic heterocycles. The zero-order valence-electron chi connectivity index (χ0n) is 18.1. The molecule has 2 aliphatic rings. The molecule has 0 N–H and O–H groups in total. The fourth-order valence-corrected chi connectivity index (χ4v) is 6.20. The lowest BCUT2D eigenvalue weighted by molar-refractivity contribution is -0.118. The van der Waals surface area contributed by atoms with Crippen molar-refractivity contribution in [3.05, 3.63) is 52.5 Å². The van der Waals surface area contributed by atoms with Crippen molar-refractivity contribution in [2.24, 2.45) is 0 Å². The molecule has 0 radical (unpaired) electrons. The zero-order chi connectivity index (χ0) is 22.3. The standard InChI is InChI=1S/C23H28ClN3O3S/c1-4-23(28)27-17(3)13-18-14-20(7-8-21(18)27)31(29,30)26-11-9-25(10-12-26)22-15-19(24)6-5-16(22)2/h5-8,14-15,17H,4,9-13H2,1-3H3/t17-/m1/s1. The molecule has 1 saturated heterocycles. The first-order chi connectivity index (χ1) is 14.7. The summed E-state index contributed by atoms with van der Waals surface area (Å²) in [6, 6.07) is 11.0. The van der Waals surface area contributed by atoms with E-state index in [0.717, 1.165) is 22.5 Å². The van der Waals surface area contributed by atoms with Gasteiger partial charge in [0.25, 0.3) is 0 Å². The van der Waals surface area contributed by atoms with Crippen LogP contribution in [0.2, 0.25) is 5.02 Å². The number of sulfonamides is 1. The maximum absolute atomic E-state index is 13.3. The van der Waals surface area contributed by atoms with Gasteiger partial charge in [0, 0.05) is 55.0 Å². The van der Waals surface area contributed by atoms with Crippen LogP contribution >= 0.6 is 11.6 Å². The Kier molecular flexibility index (Phi) is 6.03. The average molecular weight is 462 g/mol. The molecule has 2 aromatic rings. The summed E-state index contributed by atoms with van der Waals surface area (Å²) >= 11 is 6.16. The van der Waals surface area contributed by atoms with Crippen LogP contribution < -0.4 is 9.80 Å². The lowest BCUT2D eigenvalue weighted by Gasteiger charge is -2.36. The van der Waals surface area contributed by atoms with Gasteiger partial charge in [-0.15, -0.1) is 0 Å². The van der Waals surface area contributed by atoms with Crippen LogP contribution in [-0.2, 0) is 21.2 Å². The first kappa shape index (κ1) is 22.1. The van der Waals surface area contributed by atoms with Gasteiger partial charge >= 0.3 is 0 Å². The van der Waals surface area contributed by atoms with E-state index in [0.29, 0.717) is 48.9 Å².